The van der Waals surface area contributed by atoms with Crippen molar-refractivity contribution in [2.75, 3.05) is 11.5 Å². The van der Waals surface area contributed by atoms with Crippen LogP contribution in [0.4, 0.5) is 0 Å². The monoisotopic (exact) mass is 315 g/mol. The van der Waals surface area contributed by atoms with E-state index in [9.17, 15) is 9.59 Å². The normalized spacial score (nSPS) is 12.4. The molecule has 1 rings (SSSR count). The van der Waals surface area contributed by atoms with Crippen molar-refractivity contribution in [2.24, 2.45) is 5.92 Å². The standard InChI is InChI=1S/C14H21NO3S2/c1-9(2)6-11(7-19-8-13(16)17)15-14(18)12-5-4-10(3)20-12/h4-5,9,11H,6-8H2,1-3H3,(H,15,18)(H,16,17)/t11-/m0/s1. The maximum absolute atomic E-state index is 12.1. The number of aryl methyl sites for hydroxylation is 1. The summed E-state index contributed by atoms with van der Waals surface area (Å²) < 4.78 is 0. The van der Waals surface area contributed by atoms with Crippen LogP contribution < -0.4 is 5.32 Å². The van der Waals surface area contributed by atoms with Crippen LogP contribution in [-0.2, 0) is 4.79 Å². The van der Waals surface area contributed by atoms with Gasteiger partial charge in [0.15, 0.2) is 0 Å². The number of carbonyl (C=O) groups is 2. The van der Waals surface area contributed by atoms with Crippen molar-refractivity contribution in [1.29, 1.82) is 0 Å². The van der Waals surface area contributed by atoms with Gasteiger partial charge in [-0.1, -0.05) is 13.8 Å². The SMILES string of the molecule is Cc1ccc(C(=O)N[C@H](CSCC(=O)O)CC(C)C)s1. The summed E-state index contributed by atoms with van der Waals surface area (Å²) in [5.74, 6) is 0.266. The van der Waals surface area contributed by atoms with Gasteiger partial charge in [0.1, 0.15) is 0 Å². The minimum atomic E-state index is -0.821. The molecule has 1 atom stereocenters. The Balaban J connectivity index is 2.54. The van der Waals surface area contributed by atoms with Crippen molar-refractivity contribution < 1.29 is 14.7 Å². The summed E-state index contributed by atoms with van der Waals surface area (Å²) in [4.78, 5) is 24.5. The molecular formula is C14H21NO3S2. The molecule has 6 heteroatoms. The first-order valence-electron chi connectivity index (χ1n) is 6.55. The van der Waals surface area contributed by atoms with E-state index in [-0.39, 0.29) is 17.7 Å². The summed E-state index contributed by atoms with van der Waals surface area (Å²) in [6, 6.07) is 3.76. The van der Waals surface area contributed by atoms with Crippen LogP contribution in [0.25, 0.3) is 0 Å². The molecule has 0 aliphatic rings. The Morgan fingerprint density at radius 1 is 1.40 bits per heavy atom. The topological polar surface area (TPSA) is 66.4 Å². The highest BCUT2D eigenvalue weighted by atomic mass is 32.2. The second-order valence-electron chi connectivity index (χ2n) is 5.12. The predicted octanol–water partition coefficient (Wildman–Crippen LogP) is 3.02. The molecule has 1 heterocycles. The van der Waals surface area contributed by atoms with E-state index in [1.165, 1.54) is 23.1 Å². The van der Waals surface area contributed by atoms with Crippen molar-refractivity contribution in [3.8, 4) is 0 Å². The van der Waals surface area contributed by atoms with Crippen molar-refractivity contribution in [3.05, 3.63) is 21.9 Å². The zero-order chi connectivity index (χ0) is 15.1. The lowest BCUT2D eigenvalue weighted by molar-refractivity contribution is -0.133. The third-order valence-corrected chi connectivity index (χ3v) is 4.69. The number of hydrogen-bond donors (Lipinski definition) is 2. The number of carbonyl (C=O) groups excluding carboxylic acids is 1. The van der Waals surface area contributed by atoms with Gasteiger partial charge in [-0.2, -0.15) is 0 Å². The molecule has 1 aromatic heterocycles. The molecule has 112 valence electrons. The quantitative estimate of drug-likeness (QED) is 0.774. The van der Waals surface area contributed by atoms with Gasteiger partial charge < -0.3 is 10.4 Å². The van der Waals surface area contributed by atoms with Gasteiger partial charge in [-0.05, 0) is 31.4 Å². The maximum Gasteiger partial charge on any atom is 0.313 e. The number of amides is 1. The van der Waals surface area contributed by atoms with Gasteiger partial charge in [0, 0.05) is 16.7 Å². The van der Waals surface area contributed by atoms with Crippen LogP contribution in [0.5, 0.6) is 0 Å². The summed E-state index contributed by atoms with van der Waals surface area (Å²) in [6.07, 6.45) is 0.850. The zero-order valence-corrected chi connectivity index (χ0v) is 13.6. The highest BCUT2D eigenvalue weighted by Gasteiger charge is 2.16. The van der Waals surface area contributed by atoms with Gasteiger partial charge in [-0.25, -0.2) is 0 Å². The number of thiophene rings is 1. The molecule has 0 bridgehead atoms. The Kier molecular flexibility index (Phi) is 7.09. The number of hydrogen-bond acceptors (Lipinski definition) is 4. The summed E-state index contributed by atoms with van der Waals surface area (Å²) in [6.45, 7) is 6.16. The maximum atomic E-state index is 12.1. The van der Waals surface area contributed by atoms with Crippen LogP contribution in [0.15, 0.2) is 12.1 Å². The highest BCUT2D eigenvalue weighted by molar-refractivity contribution is 7.99. The molecule has 0 spiro atoms. The van der Waals surface area contributed by atoms with Crippen LogP contribution in [0.3, 0.4) is 0 Å². The first-order chi connectivity index (χ1) is 9.38. The second-order valence-corrected chi connectivity index (χ2v) is 7.44. The summed E-state index contributed by atoms with van der Waals surface area (Å²) in [7, 11) is 0. The van der Waals surface area contributed by atoms with E-state index < -0.39 is 5.97 Å². The molecule has 20 heavy (non-hydrogen) atoms. The molecule has 0 saturated carbocycles. The third-order valence-electron chi connectivity index (χ3n) is 2.60. The third kappa shape index (κ3) is 6.43. The Morgan fingerprint density at radius 3 is 2.60 bits per heavy atom. The Labute approximate surface area is 128 Å². The molecule has 0 aromatic carbocycles. The van der Waals surface area contributed by atoms with Gasteiger partial charge in [-0.15, -0.1) is 23.1 Å². The van der Waals surface area contributed by atoms with E-state index in [2.05, 4.69) is 19.2 Å². The van der Waals surface area contributed by atoms with E-state index in [1.807, 2.05) is 19.1 Å². The van der Waals surface area contributed by atoms with E-state index in [0.717, 1.165) is 11.3 Å². The first-order valence-corrected chi connectivity index (χ1v) is 8.52. The summed E-state index contributed by atoms with van der Waals surface area (Å²) >= 11 is 2.82. The number of thioether (sulfide) groups is 1. The van der Waals surface area contributed by atoms with Gasteiger partial charge in [-0.3, -0.25) is 9.59 Å². The van der Waals surface area contributed by atoms with Gasteiger partial charge in [0.05, 0.1) is 10.6 Å². The fourth-order valence-corrected chi connectivity index (χ4v) is 3.41. The molecule has 1 aromatic rings. The molecule has 0 saturated heterocycles. The van der Waals surface area contributed by atoms with Gasteiger partial charge >= 0.3 is 5.97 Å². The molecule has 2 N–H and O–H groups in total. The molecular weight excluding hydrogens is 294 g/mol. The van der Waals surface area contributed by atoms with Gasteiger partial charge in [0.25, 0.3) is 5.91 Å². The van der Waals surface area contributed by atoms with E-state index >= 15 is 0 Å². The fourth-order valence-electron chi connectivity index (χ4n) is 1.84. The first kappa shape index (κ1) is 17.0. The average molecular weight is 315 g/mol. The number of rotatable bonds is 8. The molecule has 1 amide bonds. The van der Waals surface area contributed by atoms with Crippen molar-refractivity contribution >= 4 is 35.0 Å². The van der Waals surface area contributed by atoms with E-state index in [4.69, 9.17) is 5.11 Å². The fraction of sp³-hybridized carbons (Fsp3) is 0.571. The predicted molar refractivity (Wildman–Crippen MR) is 84.7 cm³/mol. The number of nitrogens with one attached hydrogen (secondary N) is 1. The van der Waals surface area contributed by atoms with Crippen LogP contribution in [-0.4, -0.2) is 34.5 Å². The Bertz CT molecular complexity index is 457. The number of aliphatic carboxylic acids is 1. The minimum Gasteiger partial charge on any atom is -0.481 e. The highest BCUT2D eigenvalue weighted by Crippen LogP contribution is 2.17. The smallest absolute Gasteiger partial charge is 0.313 e. The van der Waals surface area contributed by atoms with Crippen molar-refractivity contribution in [3.63, 3.8) is 0 Å². The summed E-state index contributed by atoms with van der Waals surface area (Å²) in [5.41, 5.74) is 0. The van der Waals surface area contributed by atoms with Crippen LogP contribution >= 0.6 is 23.1 Å². The summed E-state index contributed by atoms with van der Waals surface area (Å²) in [5, 5.41) is 11.7. The average Bonchev–Trinajstić information content (AvgIpc) is 2.74. The molecule has 0 radical (unpaired) electrons. The molecule has 0 aliphatic carbocycles. The lowest BCUT2D eigenvalue weighted by atomic mass is 10.1. The van der Waals surface area contributed by atoms with Crippen LogP contribution in [0.1, 0.15) is 34.8 Å². The van der Waals surface area contributed by atoms with E-state index in [1.54, 1.807) is 0 Å². The van der Waals surface area contributed by atoms with E-state index in [0.29, 0.717) is 16.5 Å². The largest absolute Gasteiger partial charge is 0.481 e. The van der Waals surface area contributed by atoms with Crippen molar-refractivity contribution in [1.82, 2.24) is 5.32 Å². The Morgan fingerprint density at radius 2 is 2.10 bits per heavy atom. The molecule has 0 aliphatic heterocycles. The molecule has 4 nitrogen and oxygen atoms in total. The molecule has 0 unspecified atom stereocenters. The number of carboxylic acid groups (broad SMARTS) is 1. The second kappa shape index (κ2) is 8.32. The van der Waals surface area contributed by atoms with Gasteiger partial charge in [0.2, 0.25) is 0 Å². The lowest BCUT2D eigenvalue weighted by Gasteiger charge is -2.19. The number of carboxylic acids is 1. The molecule has 0 fully saturated rings. The van der Waals surface area contributed by atoms with Crippen LogP contribution in [0, 0.1) is 12.8 Å². The zero-order valence-electron chi connectivity index (χ0n) is 12.0. The Hall–Kier alpha value is -1.01. The lowest BCUT2D eigenvalue weighted by Crippen LogP contribution is -2.37. The minimum absolute atomic E-state index is 0.00857. The van der Waals surface area contributed by atoms with Crippen LogP contribution in [0.2, 0.25) is 0 Å². The van der Waals surface area contributed by atoms with Crippen molar-refractivity contribution in [2.45, 2.75) is 33.2 Å².